The van der Waals surface area contributed by atoms with Gasteiger partial charge in [0.15, 0.2) is 5.60 Å². The number of hydrogen-bond donors (Lipinski definition) is 1. The number of aliphatic hydroxyl groups is 1. The van der Waals surface area contributed by atoms with Crippen molar-refractivity contribution in [2.45, 2.75) is 38.6 Å². The molecule has 1 atom stereocenters. The summed E-state index contributed by atoms with van der Waals surface area (Å²) in [6.45, 7) is 2.81. The summed E-state index contributed by atoms with van der Waals surface area (Å²) >= 11 is 0. The van der Waals surface area contributed by atoms with Crippen molar-refractivity contribution in [2.75, 3.05) is 14.1 Å². The highest BCUT2D eigenvalue weighted by Crippen LogP contribution is 2.38. The van der Waals surface area contributed by atoms with Crippen molar-refractivity contribution in [3.8, 4) is 11.4 Å². The quantitative estimate of drug-likeness (QED) is 0.356. The first-order valence-corrected chi connectivity index (χ1v) is 11.0. The monoisotopic (exact) mass is 429 g/mol. The Kier molecular flexibility index (Phi) is 4.80. The van der Waals surface area contributed by atoms with Crippen LogP contribution in [0.2, 0.25) is 0 Å². The van der Waals surface area contributed by atoms with E-state index in [-0.39, 0.29) is 18.6 Å². The number of aromatic nitrogens is 2. The van der Waals surface area contributed by atoms with Gasteiger partial charge in [-0.05, 0) is 44.3 Å². The third kappa shape index (κ3) is 2.88. The lowest BCUT2D eigenvalue weighted by atomic mass is 9.50. The van der Waals surface area contributed by atoms with Crippen LogP contribution in [-0.4, -0.2) is 54.5 Å². The summed E-state index contributed by atoms with van der Waals surface area (Å²) < 4.78 is 6.82. The summed E-state index contributed by atoms with van der Waals surface area (Å²) in [5.74, 6) is -0.707. The van der Waals surface area contributed by atoms with E-state index in [4.69, 9.17) is 9.72 Å². The second kappa shape index (κ2) is 7.32. The van der Waals surface area contributed by atoms with Crippen molar-refractivity contribution in [1.29, 1.82) is 0 Å². The normalized spacial score (nSPS) is 19.0. The van der Waals surface area contributed by atoms with Crippen molar-refractivity contribution < 1.29 is 14.6 Å². The van der Waals surface area contributed by atoms with Crippen molar-refractivity contribution in [3.63, 3.8) is 0 Å². The predicted molar refractivity (Wildman–Crippen MR) is 127 cm³/mol. The average Bonchev–Trinajstić information content (AvgIpc) is 3.13. The third-order valence-electron chi connectivity index (χ3n) is 6.76. The third-order valence-corrected chi connectivity index (χ3v) is 6.76. The standard InChI is InChI=1S/C23H25B2N3O4/c1-4-23(31)16-8-19-20-12(9-28(19)21(29)15(16)11-32-22(23)30)7-13-14(10-27(2)3)17(25-24)5-6-18(13)26-20/h5-8,25,31H,4,9-11,24H2,1-3H3. The van der Waals surface area contributed by atoms with Gasteiger partial charge in [0.1, 0.15) is 13.8 Å². The number of ether oxygens (including phenoxy) is 1. The summed E-state index contributed by atoms with van der Waals surface area (Å²) in [5.41, 5.74) is 4.41. The second-order valence-electron chi connectivity index (χ2n) is 8.96. The molecule has 1 unspecified atom stereocenters. The molecule has 0 saturated heterocycles. The number of carbonyl (C=O) groups is 1. The van der Waals surface area contributed by atoms with E-state index in [0.29, 0.717) is 23.4 Å². The minimum absolute atomic E-state index is 0.117. The zero-order valence-electron chi connectivity index (χ0n) is 18.9. The first-order valence-electron chi connectivity index (χ1n) is 11.0. The molecular formula is C23H25B2N3O4. The maximum absolute atomic E-state index is 13.3. The number of carbonyl (C=O) groups excluding carboxylic acids is 1. The Hall–Kier alpha value is -2.90. The van der Waals surface area contributed by atoms with Gasteiger partial charge in [-0.15, -0.1) is 0 Å². The summed E-state index contributed by atoms with van der Waals surface area (Å²) in [6, 6.07) is 8.06. The Morgan fingerprint density at radius 3 is 2.78 bits per heavy atom. The number of benzene rings is 1. The van der Waals surface area contributed by atoms with Gasteiger partial charge < -0.3 is 19.3 Å². The molecule has 2 aliphatic heterocycles. The minimum Gasteiger partial charge on any atom is -0.458 e. The van der Waals surface area contributed by atoms with Crippen LogP contribution in [0, 0.1) is 0 Å². The van der Waals surface area contributed by atoms with E-state index in [1.54, 1.807) is 17.6 Å². The van der Waals surface area contributed by atoms with Crippen LogP contribution in [0.1, 0.15) is 35.6 Å². The largest absolute Gasteiger partial charge is 0.458 e. The molecule has 1 aromatic carbocycles. The highest BCUT2D eigenvalue weighted by molar-refractivity contribution is 6.97. The molecule has 0 saturated carbocycles. The first kappa shape index (κ1) is 21.0. The second-order valence-corrected chi connectivity index (χ2v) is 8.96. The van der Waals surface area contributed by atoms with Gasteiger partial charge in [-0.2, -0.15) is 0 Å². The zero-order chi connectivity index (χ0) is 22.8. The van der Waals surface area contributed by atoms with E-state index < -0.39 is 11.6 Å². The molecule has 0 spiro atoms. The molecule has 3 aromatic rings. The van der Waals surface area contributed by atoms with Crippen LogP contribution in [0.3, 0.4) is 0 Å². The van der Waals surface area contributed by atoms with Crippen LogP contribution in [0.4, 0.5) is 0 Å². The first-order chi connectivity index (χ1) is 15.3. The number of hydrogen-bond acceptors (Lipinski definition) is 6. The molecule has 9 heteroatoms. The molecule has 0 fully saturated rings. The van der Waals surface area contributed by atoms with E-state index in [2.05, 4.69) is 38.9 Å². The molecule has 7 nitrogen and oxygen atoms in total. The molecule has 1 N–H and O–H groups in total. The van der Waals surface area contributed by atoms with Crippen molar-refractivity contribution in [2.24, 2.45) is 0 Å². The zero-order valence-corrected chi connectivity index (χ0v) is 18.9. The lowest BCUT2D eigenvalue weighted by Gasteiger charge is -2.31. The molecule has 5 rings (SSSR count). The maximum atomic E-state index is 13.3. The van der Waals surface area contributed by atoms with Crippen LogP contribution < -0.4 is 11.0 Å². The number of esters is 1. The highest BCUT2D eigenvalue weighted by atomic mass is 16.6. The molecule has 2 aromatic heterocycles. The fraction of sp³-hybridized carbons (Fsp3) is 0.348. The molecule has 162 valence electrons. The molecule has 4 heterocycles. The average molecular weight is 429 g/mol. The van der Waals surface area contributed by atoms with Gasteiger partial charge in [-0.3, -0.25) is 4.79 Å². The molecule has 0 aliphatic carbocycles. The number of nitrogens with zero attached hydrogens (tertiary/aromatic N) is 3. The van der Waals surface area contributed by atoms with Crippen molar-refractivity contribution in [3.05, 3.63) is 56.9 Å². The number of pyridine rings is 2. The topological polar surface area (TPSA) is 84.7 Å². The lowest BCUT2D eigenvalue weighted by Crippen LogP contribution is -2.44. The van der Waals surface area contributed by atoms with Gasteiger partial charge >= 0.3 is 5.97 Å². The molecular weight excluding hydrogens is 404 g/mol. The molecule has 2 aliphatic rings. The Morgan fingerprint density at radius 2 is 2.09 bits per heavy atom. The van der Waals surface area contributed by atoms with E-state index >= 15 is 0 Å². The molecule has 0 radical (unpaired) electrons. The van der Waals surface area contributed by atoms with Crippen LogP contribution in [0.15, 0.2) is 29.1 Å². The number of rotatable bonds is 4. The lowest BCUT2D eigenvalue weighted by molar-refractivity contribution is -0.172. The predicted octanol–water partition coefficient (Wildman–Crippen LogP) is -0.249. The summed E-state index contributed by atoms with van der Waals surface area (Å²) in [7, 11) is 7.19. The van der Waals surface area contributed by atoms with E-state index in [1.807, 2.05) is 6.07 Å². The van der Waals surface area contributed by atoms with Crippen LogP contribution in [0.25, 0.3) is 22.3 Å². The Labute approximate surface area is 187 Å². The smallest absolute Gasteiger partial charge is 0.343 e. The SMILES string of the molecule is BBc1ccc2nc3c(cc2c1CN(C)C)Cn1c-3cc2c(c1=O)COC(=O)C2(O)CC. The van der Waals surface area contributed by atoms with Gasteiger partial charge in [0.2, 0.25) is 0 Å². The highest BCUT2D eigenvalue weighted by Gasteiger charge is 2.45. The van der Waals surface area contributed by atoms with Gasteiger partial charge in [0.05, 0.1) is 36.7 Å². The number of cyclic esters (lactones) is 1. The summed E-state index contributed by atoms with van der Waals surface area (Å²) in [5, 5.41) is 12.1. The summed E-state index contributed by atoms with van der Waals surface area (Å²) in [4.78, 5) is 32.7. The van der Waals surface area contributed by atoms with Crippen LogP contribution >= 0.6 is 0 Å². The molecule has 0 bridgehead atoms. The van der Waals surface area contributed by atoms with Gasteiger partial charge in [0.25, 0.3) is 5.56 Å². The maximum Gasteiger partial charge on any atom is 0.343 e. The molecule has 32 heavy (non-hydrogen) atoms. The van der Waals surface area contributed by atoms with E-state index in [1.165, 1.54) is 11.0 Å². The molecule has 0 amide bonds. The van der Waals surface area contributed by atoms with Crippen LogP contribution in [-0.2, 0) is 34.8 Å². The Bertz CT molecular complexity index is 1350. The fourth-order valence-electron chi connectivity index (χ4n) is 4.99. The van der Waals surface area contributed by atoms with Crippen molar-refractivity contribution >= 4 is 37.2 Å². The van der Waals surface area contributed by atoms with Crippen molar-refractivity contribution in [1.82, 2.24) is 14.5 Å². The Morgan fingerprint density at radius 1 is 1.31 bits per heavy atom. The fourth-order valence-corrected chi connectivity index (χ4v) is 4.99. The Balaban J connectivity index is 1.74. The number of fused-ring (bicyclic) bond motifs is 5. The van der Waals surface area contributed by atoms with E-state index in [0.717, 1.165) is 35.9 Å². The summed E-state index contributed by atoms with van der Waals surface area (Å²) in [6.07, 6.45) is 0.132. The minimum atomic E-state index is -1.81. The van der Waals surface area contributed by atoms with E-state index in [9.17, 15) is 14.7 Å². The van der Waals surface area contributed by atoms with Gasteiger partial charge in [-0.1, -0.05) is 18.5 Å². The van der Waals surface area contributed by atoms with Crippen LogP contribution in [0.5, 0.6) is 0 Å². The van der Waals surface area contributed by atoms with Gasteiger partial charge in [-0.25, -0.2) is 9.78 Å². The van der Waals surface area contributed by atoms with Gasteiger partial charge in [0, 0.05) is 23.1 Å².